The van der Waals surface area contributed by atoms with E-state index in [1.54, 1.807) is 18.9 Å². The molecule has 0 unspecified atom stereocenters. The normalized spacial score (nSPS) is 15.3. The molecular formula is C14H16N2O2S. The Hall–Kier alpha value is -1.75. The van der Waals surface area contributed by atoms with Crippen LogP contribution in [0.4, 0.5) is 0 Å². The standard InChI is InChI=1S/C14H16N2O2S/c1-18-12-4-3-5-13(19-2)11(12)8-6-10-7-9-14(17)16-15-10/h3-6,8H,7,9H2,1-2H3,(H,16,17). The van der Waals surface area contributed by atoms with Crippen LogP contribution in [-0.4, -0.2) is 25.0 Å². The zero-order chi connectivity index (χ0) is 13.7. The van der Waals surface area contributed by atoms with Crippen molar-refractivity contribution in [2.24, 2.45) is 5.10 Å². The number of hydrogen-bond acceptors (Lipinski definition) is 4. The average Bonchev–Trinajstić information content (AvgIpc) is 2.46. The second kappa shape index (κ2) is 6.43. The Morgan fingerprint density at radius 2 is 2.21 bits per heavy atom. The van der Waals surface area contributed by atoms with E-state index in [2.05, 4.69) is 16.6 Å². The molecule has 4 nitrogen and oxygen atoms in total. The van der Waals surface area contributed by atoms with Crippen molar-refractivity contribution in [3.05, 3.63) is 29.8 Å². The Morgan fingerprint density at radius 3 is 2.84 bits per heavy atom. The molecule has 5 heteroatoms. The van der Waals surface area contributed by atoms with Gasteiger partial charge in [-0.05, 0) is 30.5 Å². The van der Waals surface area contributed by atoms with E-state index in [1.807, 2.05) is 30.5 Å². The Bertz CT molecular complexity index is 516. The topological polar surface area (TPSA) is 50.7 Å². The highest BCUT2D eigenvalue weighted by atomic mass is 32.2. The molecule has 1 aliphatic rings. The molecule has 1 aliphatic heterocycles. The molecule has 1 aromatic rings. The first-order valence-electron chi connectivity index (χ1n) is 5.99. The van der Waals surface area contributed by atoms with Gasteiger partial charge in [0.1, 0.15) is 5.75 Å². The first-order chi connectivity index (χ1) is 9.24. The van der Waals surface area contributed by atoms with Gasteiger partial charge in [0.25, 0.3) is 0 Å². The van der Waals surface area contributed by atoms with Crippen LogP contribution in [-0.2, 0) is 4.79 Å². The lowest BCUT2D eigenvalue weighted by Crippen LogP contribution is -2.24. The van der Waals surface area contributed by atoms with E-state index in [-0.39, 0.29) is 5.91 Å². The van der Waals surface area contributed by atoms with Crippen molar-refractivity contribution in [1.82, 2.24) is 5.43 Å². The maximum absolute atomic E-state index is 11.0. The Kier molecular flexibility index (Phi) is 4.63. The van der Waals surface area contributed by atoms with Crippen LogP contribution in [0.2, 0.25) is 0 Å². The number of hydrogen-bond donors (Lipinski definition) is 1. The second-order valence-electron chi connectivity index (χ2n) is 4.05. The lowest BCUT2D eigenvalue weighted by atomic mass is 10.1. The van der Waals surface area contributed by atoms with Gasteiger partial charge in [0.15, 0.2) is 0 Å². The molecule has 0 aliphatic carbocycles. The maximum atomic E-state index is 11.0. The summed E-state index contributed by atoms with van der Waals surface area (Å²) in [6.45, 7) is 0. The van der Waals surface area contributed by atoms with E-state index in [1.165, 1.54) is 0 Å². The summed E-state index contributed by atoms with van der Waals surface area (Å²) in [6, 6.07) is 5.96. The number of rotatable bonds is 4. The number of hydrazone groups is 1. The quantitative estimate of drug-likeness (QED) is 0.860. The summed E-state index contributed by atoms with van der Waals surface area (Å²) in [5.74, 6) is 0.808. The van der Waals surface area contributed by atoms with Gasteiger partial charge < -0.3 is 4.74 Å². The first kappa shape index (κ1) is 13.7. The van der Waals surface area contributed by atoms with E-state index >= 15 is 0 Å². The summed E-state index contributed by atoms with van der Waals surface area (Å²) in [5.41, 5.74) is 4.40. The van der Waals surface area contributed by atoms with Gasteiger partial charge in [-0.2, -0.15) is 5.10 Å². The van der Waals surface area contributed by atoms with Gasteiger partial charge in [0.05, 0.1) is 12.8 Å². The Labute approximate surface area is 116 Å². The molecule has 1 aromatic carbocycles. The van der Waals surface area contributed by atoms with Crippen molar-refractivity contribution in [3.8, 4) is 5.75 Å². The molecule has 1 amide bonds. The van der Waals surface area contributed by atoms with E-state index < -0.39 is 0 Å². The number of thioether (sulfide) groups is 1. The number of allylic oxidation sites excluding steroid dienone is 1. The molecule has 0 atom stereocenters. The van der Waals surface area contributed by atoms with Gasteiger partial charge in [0, 0.05) is 23.3 Å². The van der Waals surface area contributed by atoms with Crippen LogP contribution in [0.25, 0.3) is 6.08 Å². The Balaban J connectivity index is 2.25. The zero-order valence-corrected chi connectivity index (χ0v) is 11.8. The van der Waals surface area contributed by atoms with E-state index in [9.17, 15) is 4.79 Å². The van der Waals surface area contributed by atoms with Gasteiger partial charge in [-0.1, -0.05) is 6.07 Å². The predicted octanol–water partition coefficient (Wildman–Crippen LogP) is 2.70. The molecule has 0 aromatic heterocycles. The molecule has 100 valence electrons. The summed E-state index contributed by atoms with van der Waals surface area (Å²) >= 11 is 1.67. The summed E-state index contributed by atoms with van der Waals surface area (Å²) in [4.78, 5) is 12.2. The molecule has 0 bridgehead atoms. The minimum Gasteiger partial charge on any atom is -0.496 e. The summed E-state index contributed by atoms with van der Waals surface area (Å²) in [6.07, 6.45) is 7.11. The number of amides is 1. The van der Waals surface area contributed by atoms with Gasteiger partial charge in [0.2, 0.25) is 5.91 Å². The maximum Gasteiger partial charge on any atom is 0.240 e. The van der Waals surface area contributed by atoms with Crippen molar-refractivity contribution < 1.29 is 9.53 Å². The van der Waals surface area contributed by atoms with Crippen LogP contribution >= 0.6 is 11.8 Å². The van der Waals surface area contributed by atoms with Crippen LogP contribution in [0.1, 0.15) is 18.4 Å². The van der Waals surface area contributed by atoms with Gasteiger partial charge in [-0.25, -0.2) is 5.43 Å². The fraction of sp³-hybridized carbons (Fsp3) is 0.286. The number of carbonyl (C=O) groups excluding carboxylic acids is 1. The van der Waals surface area contributed by atoms with Crippen molar-refractivity contribution >= 4 is 29.5 Å². The highest BCUT2D eigenvalue weighted by Crippen LogP contribution is 2.30. The third kappa shape index (κ3) is 3.38. The highest BCUT2D eigenvalue weighted by molar-refractivity contribution is 7.98. The fourth-order valence-electron chi connectivity index (χ4n) is 1.83. The number of nitrogens with one attached hydrogen (secondary N) is 1. The average molecular weight is 276 g/mol. The first-order valence-corrected chi connectivity index (χ1v) is 7.21. The van der Waals surface area contributed by atoms with Crippen LogP contribution in [0.15, 0.2) is 34.3 Å². The molecule has 0 saturated carbocycles. The number of methoxy groups -OCH3 is 1. The van der Waals surface area contributed by atoms with Crippen molar-refractivity contribution in [2.75, 3.05) is 13.4 Å². The highest BCUT2D eigenvalue weighted by Gasteiger charge is 2.10. The molecule has 1 N–H and O–H groups in total. The second-order valence-corrected chi connectivity index (χ2v) is 4.90. The van der Waals surface area contributed by atoms with Crippen molar-refractivity contribution in [2.45, 2.75) is 17.7 Å². The summed E-state index contributed by atoms with van der Waals surface area (Å²) in [5, 5.41) is 4.02. The third-order valence-electron chi connectivity index (χ3n) is 2.84. The Morgan fingerprint density at radius 1 is 1.37 bits per heavy atom. The lowest BCUT2D eigenvalue weighted by molar-refractivity contribution is -0.121. The number of nitrogens with zero attached hydrogens (tertiary/aromatic N) is 1. The van der Waals surface area contributed by atoms with Gasteiger partial charge in [-0.3, -0.25) is 4.79 Å². The number of carbonyl (C=O) groups is 1. The number of ether oxygens (including phenoxy) is 1. The molecule has 0 radical (unpaired) electrons. The third-order valence-corrected chi connectivity index (χ3v) is 3.64. The van der Waals surface area contributed by atoms with Crippen molar-refractivity contribution in [1.29, 1.82) is 0 Å². The van der Waals surface area contributed by atoms with Gasteiger partial charge >= 0.3 is 0 Å². The minimum absolute atomic E-state index is 0.0285. The van der Waals surface area contributed by atoms with Crippen LogP contribution in [0.3, 0.4) is 0 Å². The number of benzene rings is 1. The van der Waals surface area contributed by atoms with Crippen LogP contribution in [0.5, 0.6) is 5.75 Å². The molecular weight excluding hydrogens is 260 g/mol. The van der Waals surface area contributed by atoms with Crippen LogP contribution in [0, 0.1) is 0 Å². The SMILES string of the molecule is COc1cccc(SC)c1C=CC1=NNC(=O)CC1. The molecule has 0 fully saturated rings. The molecule has 19 heavy (non-hydrogen) atoms. The van der Waals surface area contributed by atoms with Crippen LogP contribution < -0.4 is 10.2 Å². The smallest absolute Gasteiger partial charge is 0.240 e. The predicted molar refractivity (Wildman–Crippen MR) is 78.6 cm³/mol. The summed E-state index contributed by atoms with van der Waals surface area (Å²) in [7, 11) is 1.66. The molecule has 0 spiro atoms. The van der Waals surface area contributed by atoms with E-state index in [0.717, 1.165) is 21.9 Å². The largest absolute Gasteiger partial charge is 0.496 e. The zero-order valence-electron chi connectivity index (χ0n) is 11.0. The fourth-order valence-corrected chi connectivity index (χ4v) is 2.44. The van der Waals surface area contributed by atoms with Gasteiger partial charge in [-0.15, -0.1) is 11.8 Å². The van der Waals surface area contributed by atoms with Crippen molar-refractivity contribution in [3.63, 3.8) is 0 Å². The monoisotopic (exact) mass is 276 g/mol. The molecule has 0 saturated heterocycles. The minimum atomic E-state index is -0.0285. The van der Waals surface area contributed by atoms with E-state index in [0.29, 0.717) is 12.8 Å². The molecule has 2 rings (SSSR count). The van der Waals surface area contributed by atoms with E-state index in [4.69, 9.17) is 4.74 Å². The lowest BCUT2D eigenvalue weighted by Gasteiger charge is -2.10. The summed E-state index contributed by atoms with van der Waals surface area (Å²) < 4.78 is 5.37. The molecule has 1 heterocycles.